The van der Waals surface area contributed by atoms with Gasteiger partial charge in [-0.25, -0.2) is 4.98 Å². The van der Waals surface area contributed by atoms with Crippen LogP contribution in [-0.2, 0) is 13.0 Å². The molecule has 0 fully saturated rings. The first-order valence-electron chi connectivity index (χ1n) is 6.78. The molecule has 0 amide bonds. The molecule has 0 bridgehead atoms. The molecule has 4 nitrogen and oxygen atoms in total. The van der Waals surface area contributed by atoms with Crippen molar-refractivity contribution in [2.45, 2.75) is 13.0 Å². The van der Waals surface area contributed by atoms with Crippen LogP contribution in [-0.4, -0.2) is 21.7 Å². The number of rotatable bonds is 5. The highest BCUT2D eigenvalue weighted by atomic mass is 32.1. The number of nitrogens with zero attached hydrogens (tertiary/aromatic N) is 1. The highest BCUT2D eigenvalue weighted by Crippen LogP contribution is 2.25. The summed E-state index contributed by atoms with van der Waals surface area (Å²) in [6, 6.07) is 13.0. The van der Waals surface area contributed by atoms with Gasteiger partial charge in [-0.3, -0.25) is 0 Å². The lowest BCUT2D eigenvalue weighted by atomic mass is 10.2. The summed E-state index contributed by atoms with van der Waals surface area (Å²) in [4.78, 5) is 4.59. The lowest BCUT2D eigenvalue weighted by Gasteiger charge is -2.05. The van der Waals surface area contributed by atoms with E-state index in [-0.39, 0.29) is 11.5 Å². The number of para-hydroxylation sites is 1. The predicted molar refractivity (Wildman–Crippen MR) is 84.8 cm³/mol. The van der Waals surface area contributed by atoms with Crippen molar-refractivity contribution in [1.29, 1.82) is 0 Å². The van der Waals surface area contributed by atoms with Gasteiger partial charge in [-0.05, 0) is 29.8 Å². The van der Waals surface area contributed by atoms with Crippen molar-refractivity contribution in [3.63, 3.8) is 0 Å². The van der Waals surface area contributed by atoms with Gasteiger partial charge >= 0.3 is 0 Å². The summed E-state index contributed by atoms with van der Waals surface area (Å²) in [6.45, 7) is 1.47. The van der Waals surface area contributed by atoms with Crippen molar-refractivity contribution in [1.82, 2.24) is 10.3 Å². The number of aromatic hydroxyl groups is 2. The van der Waals surface area contributed by atoms with Crippen LogP contribution >= 0.6 is 11.3 Å². The summed E-state index contributed by atoms with van der Waals surface area (Å²) in [5.41, 5.74) is 2.00. The molecule has 0 aliphatic carbocycles. The predicted octanol–water partition coefficient (Wildman–Crippen LogP) is 3.04. The fraction of sp³-hybridized carbons (Fsp3) is 0.188. The molecule has 5 heteroatoms. The quantitative estimate of drug-likeness (QED) is 0.500. The monoisotopic (exact) mass is 300 g/mol. The van der Waals surface area contributed by atoms with E-state index in [4.69, 9.17) is 0 Å². The van der Waals surface area contributed by atoms with Gasteiger partial charge in [0, 0.05) is 19.5 Å². The molecular weight excluding hydrogens is 284 g/mol. The first-order chi connectivity index (χ1) is 10.2. The summed E-state index contributed by atoms with van der Waals surface area (Å²) in [5, 5.41) is 23.1. The number of hydrogen-bond acceptors (Lipinski definition) is 5. The molecule has 0 saturated carbocycles. The average molecular weight is 300 g/mol. The van der Waals surface area contributed by atoms with E-state index in [1.807, 2.05) is 18.2 Å². The second kappa shape index (κ2) is 6.11. The summed E-state index contributed by atoms with van der Waals surface area (Å²) in [7, 11) is 0. The van der Waals surface area contributed by atoms with E-state index in [1.165, 1.54) is 10.8 Å². The number of aromatic nitrogens is 1. The standard InChI is InChI=1S/C16H16N2O2S/c19-13-6-5-11(9-14(13)20)10-17-8-7-16-18-12-3-1-2-4-15(12)21-16/h1-6,9,17,19-20H,7-8,10H2. The number of hydrogen-bond donors (Lipinski definition) is 3. The number of nitrogens with one attached hydrogen (secondary N) is 1. The van der Waals surface area contributed by atoms with E-state index in [0.717, 1.165) is 29.1 Å². The summed E-state index contributed by atoms with van der Waals surface area (Å²) in [5.74, 6) is -0.173. The molecule has 0 atom stereocenters. The smallest absolute Gasteiger partial charge is 0.157 e. The topological polar surface area (TPSA) is 65.4 Å². The molecule has 0 saturated heterocycles. The van der Waals surface area contributed by atoms with Gasteiger partial charge < -0.3 is 15.5 Å². The molecule has 0 radical (unpaired) electrons. The molecule has 1 aromatic heterocycles. The molecule has 3 aromatic rings. The van der Waals surface area contributed by atoms with Crippen LogP contribution in [0, 0.1) is 0 Å². The minimum Gasteiger partial charge on any atom is -0.504 e. The maximum Gasteiger partial charge on any atom is 0.157 e. The van der Waals surface area contributed by atoms with Gasteiger partial charge in [0.1, 0.15) is 0 Å². The Bertz CT molecular complexity index is 722. The lowest BCUT2D eigenvalue weighted by molar-refractivity contribution is 0.403. The van der Waals surface area contributed by atoms with Crippen LogP contribution in [0.5, 0.6) is 11.5 Å². The minimum atomic E-state index is -0.0896. The second-order valence-electron chi connectivity index (χ2n) is 4.83. The highest BCUT2D eigenvalue weighted by molar-refractivity contribution is 7.18. The maximum atomic E-state index is 9.43. The zero-order chi connectivity index (χ0) is 14.7. The molecule has 0 unspecified atom stereocenters. The largest absolute Gasteiger partial charge is 0.504 e. The van der Waals surface area contributed by atoms with Crippen molar-refractivity contribution < 1.29 is 10.2 Å². The van der Waals surface area contributed by atoms with Crippen LogP contribution in [0.3, 0.4) is 0 Å². The van der Waals surface area contributed by atoms with Crippen LogP contribution in [0.4, 0.5) is 0 Å². The van der Waals surface area contributed by atoms with E-state index in [2.05, 4.69) is 16.4 Å². The van der Waals surface area contributed by atoms with Crippen molar-refractivity contribution in [3.05, 3.63) is 53.0 Å². The van der Waals surface area contributed by atoms with Gasteiger partial charge in [-0.2, -0.15) is 0 Å². The Morgan fingerprint density at radius 2 is 1.90 bits per heavy atom. The van der Waals surface area contributed by atoms with Crippen LogP contribution < -0.4 is 5.32 Å². The third kappa shape index (κ3) is 3.32. The number of phenolic OH excluding ortho intramolecular Hbond substituents is 2. The Hall–Kier alpha value is -2.11. The highest BCUT2D eigenvalue weighted by Gasteiger charge is 2.03. The van der Waals surface area contributed by atoms with Gasteiger partial charge in [0.05, 0.1) is 15.2 Å². The second-order valence-corrected chi connectivity index (χ2v) is 5.94. The van der Waals surface area contributed by atoms with Crippen LogP contribution in [0.2, 0.25) is 0 Å². The molecule has 2 aromatic carbocycles. The van der Waals surface area contributed by atoms with Gasteiger partial charge in [0.2, 0.25) is 0 Å². The molecule has 1 heterocycles. The van der Waals surface area contributed by atoms with Crippen LogP contribution in [0.25, 0.3) is 10.2 Å². The maximum absolute atomic E-state index is 9.43. The fourth-order valence-corrected chi connectivity index (χ4v) is 3.10. The fourth-order valence-electron chi connectivity index (χ4n) is 2.13. The number of benzene rings is 2. The molecule has 108 valence electrons. The third-order valence-corrected chi connectivity index (χ3v) is 4.32. The summed E-state index contributed by atoms with van der Waals surface area (Å²) in [6.07, 6.45) is 0.878. The molecule has 0 spiro atoms. The van der Waals surface area contributed by atoms with E-state index < -0.39 is 0 Å². The zero-order valence-corrected chi connectivity index (χ0v) is 12.2. The van der Waals surface area contributed by atoms with Crippen LogP contribution in [0.1, 0.15) is 10.6 Å². The Morgan fingerprint density at radius 1 is 1.05 bits per heavy atom. The molecule has 3 N–H and O–H groups in total. The third-order valence-electron chi connectivity index (χ3n) is 3.22. The zero-order valence-electron chi connectivity index (χ0n) is 11.4. The number of thiazole rings is 1. The Labute approximate surface area is 126 Å². The normalized spacial score (nSPS) is 11.0. The Morgan fingerprint density at radius 3 is 2.71 bits per heavy atom. The Balaban J connectivity index is 1.52. The molecule has 21 heavy (non-hydrogen) atoms. The molecule has 3 rings (SSSR count). The first kappa shape index (κ1) is 13.9. The molecular formula is C16H16N2O2S. The van der Waals surface area contributed by atoms with Gasteiger partial charge in [0.15, 0.2) is 11.5 Å². The minimum absolute atomic E-state index is 0.0829. The summed E-state index contributed by atoms with van der Waals surface area (Å²) >= 11 is 1.72. The lowest BCUT2D eigenvalue weighted by Crippen LogP contribution is -2.16. The average Bonchev–Trinajstić information content (AvgIpc) is 2.90. The van der Waals surface area contributed by atoms with E-state index in [0.29, 0.717) is 6.54 Å². The SMILES string of the molecule is Oc1ccc(CNCCc2nc3ccccc3s2)cc1O. The van der Waals surface area contributed by atoms with E-state index in [1.54, 1.807) is 23.5 Å². The van der Waals surface area contributed by atoms with Crippen molar-refractivity contribution in [2.24, 2.45) is 0 Å². The molecule has 0 aliphatic rings. The van der Waals surface area contributed by atoms with Crippen molar-refractivity contribution in [3.8, 4) is 11.5 Å². The van der Waals surface area contributed by atoms with Gasteiger partial charge in [-0.1, -0.05) is 18.2 Å². The van der Waals surface area contributed by atoms with Crippen molar-refractivity contribution in [2.75, 3.05) is 6.54 Å². The van der Waals surface area contributed by atoms with Gasteiger partial charge in [-0.15, -0.1) is 11.3 Å². The summed E-state index contributed by atoms with van der Waals surface area (Å²) < 4.78 is 1.22. The number of fused-ring (bicyclic) bond motifs is 1. The Kier molecular flexibility index (Phi) is 4.03. The van der Waals surface area contributed by atoms with Crippen LogP contribution in [0.15, 0.2) is 42.5 Å². The molecule has 0 aliphatic heterocycles. The number of phenols is 2. The van der Waals surface area contributed by atoms with E-state index >= 15 is 0 Å². The first-order valence-corrected chi connectivity index (χ1v) is 7.60. The van der Waals surface area contributed by atoms with E-state index in [9.17, 15) is 10.2 Å². The van der Waals surface area contributed by atoms with Crippen molar-refractivity contribution >= 4 is 21.6 Å². The van der Waals surface area contributed by atoms with Gasteiger partial charge in [0.25, 0.3) is 0 Å².